The van der Waals surface area contributed by atoms with Crippen LogP contribution >= 0.6 is 0 Å². The number of hydroxylamine groups is 1. The predicted octanol–water partition coefficient (Wildman–Crippen LogP) is 4.38. The molecule has 186 valence electrons. The van der Waals surface area contributed by atoms with Gasteiger partial charge in [-0.3, -0.25) is 14.4 Å². The topological polar surface area (TPSA) is 77.5 Å². The van der Waals surface area contributed by atoms with Crippen molar-refractivity contribution in [3.8, 4) is 17.2 Å². The van der Waals surface area contributed by atoms with E-state index in [1.807, 2.05) is 68.4 Å². The molecule has 0 unspecified atom stereocenters. The number of hydrogen-bond donors (Lipinski definition) is 0. The molecule has 2 amide bonds. The molecule has 2 saturated heterocycles. The molecule has 2 aliphatic heterocycles. The minimum atomic E-state index is -0.985. The Morgan fingerprint density at radius 1 is 0.806 bits per heavy atom. The minimum Gasteiger partial charge on any atom is -0.493 e. The molecule has 8 heteroatoms. The second kappa shape index (κ2) is 9.20. The van der Waals surface area contributed by atoms with Crippen molar-refractivity contribution in [1.29, 1.82) is 0 Å². The second-order valence-electron chi connectivity index (χ2n) is 8.88. The lowest BCUT2D eigenvalue weighted by Crippen LogP contribution is -2.37. The summed E-state index contributed by atoms with van der Waals surface area (Å²) >= 11 is 0. The number of benzene rings is 3. The van der Waals surface area contributed by atoms with Gasteiger partial charge in [0.2, 0.25) is 11.7 Å². The Morgan fingerprint density at radius 3 is 2.17 bits per heavy atom. The highest BCUT2D eigenvalue weighted by molar-refractivity contribution is 6.24. The van der Waals surface area contributed by atoms with Crippen LogP contribution in [0.1, 0.15) is 22.7 Å². The summed E-state index contributed by atoms with van der Waals surface area (Å²) in [6.45, 7) is 3.86. The lowest BCUT2D eigenvalue weighted by molar-refractivity contribution is -0.126. The van der Waals surface area contributed by atoms with Crippen molar-refractivity contribution in [1.82, 2.24) is 0 Å². The van der Waals surface area contributed by atoms with Gasteiger partial charge in [0.25, 0.3) is 5.91 Å². The maximum Gasteiger partial charge on any atom is 0.266 e. The van der Waals surface area contributed by atoms with Crippen molar-refractivity contribution in [3.63, 3.8) is 0 Å². The summed E-state index contributed by atoms with van der Waals surface area (Å²) in [6.07, 6.45) is -0.985. The Morgan fingerprint density at radius 2 is 1.53 bits per heavy atom. The molecule has 2 heterocycles. The van der Waals surface area contributed by atoms with Gasteiger partial charge >= 0.3 is 0 Å². The van der Waals surface area contributed by atoms with Crippen LogP contribution in [-0.4, -0.2) is 39.2 Å². The Bertz CT molecular complexity index is 1330. The summed E-state index contributed by atoms with van der Waals surface area (Å²) in [5.41, 5.74) is 3.83. The molecule has 0 saturated carbocycles. The van der Waals surface area contributed by atoms with Crippen LogP contribution in [-0.2, 0) is 14.4 Å². The van der Waals surface area contributed by atoms with Gasteiger partial charge in [-0.2, -0.15) is 0 Å². The number of anilines is 2. The number of ether oxygens (including phenoxy) is 3. The van der Waals surface area contributed by atoms with E-state index in [9.17, 15) is 9.59 Å². The van der Waals surface area contributed by atoms with Gasteiger partial charge in [0.1, 0.15) is 12.0 Å². The Kier molecular flexibility index (Phi) is 6.05. The molecule has 0 radical (unpaired) electrons. The first-order valence-corrected chi connectivity index (χ1v) is 11.7. The number of para-hydroxylation sites is 1. The number of methoxy groups -OCH3 is 3. The summed E-state index contributed by atoms with van der Waals surface area (Å²) in [5, 5.41) is 1.63. The average Bonchev–Trinajstić information content (AvgIpc) is 3.39. The van der Waals surface area contributed by atoms with Gasteiger partial charge in [-0.05, 0) is 49.7 Å². The van der Waals surface area contributed by atoms with Crippen molar-refractivity contribution < 1.29 is 28.6 Å². The summed E-state index contributed by atoms with van der Waals surface area (Å²) in [5.74, 6) is -0.206. The van der Waals surface area contributed by atoms with E-state index in [1.54, 1.807) is 18.2 Å². The number of nitrogens with zero attached hydrogens (tertiary/aromatic N) is 2. The molecule has 0 spiro atoms. The Labute approximate surface area is 209 Å². The van der Waals surface area contributed by atoms with E-state index in [2.05, 4.69) is 0 Å². The lowest BCUT2D eigenvalue weighted by atomic mass is 9.89. The second-order valence-corrected chi connectivity index (χ2v) is 8.88. The highest BCUT2D eigenvalue weighted by Crippen LogP contribution is 2.52. The molecule has 8 nitrogen and oxygen atoms in total. The Balaban J connectivity index is 1.67. The van der Waals surface area contributed by atoms with Gasteiger partial charge in [-0.1, -0.05) is 35.9 Å². The lowest BCUT2D eigenvalue weighted by Gasteiger charge is -2.30. The van der Waals surface area contributed by atoms with E-state index in [-0.39, 0.29) is 11.8 Å². The number of rotatable bonds is 6. The number of carbonyl (C=O) groups excluding carboxylic acids is 2. The average molecular weight is 489 g/mol. The van der Waals surface area contributed by atoms with Gasteiger partial charge in [0.15, 0.2) is 17.6 Å². The van der Waals surface area contributed by atoms with Gasteiger partial charge in [0, 0.05) is 5.56 Å². The predicted molar refractivity (Wildman–Crippen MR) is 135 cm³/mol. The molecule has 0 bridgehead atoms. The first-order chi connectivity index (χ1) is 17.4. The fourth-order valence-corrected chi connectivity index (χ4v) is 5.18. The third kappa shape index (κ3) is 3.56. The first-order valence-electron chi connectivity index (χ1n) is 11.7. The van der Waals surface area contributed by atoms with E-state index in [4.69, 9.17) is 19.0 Å². The van der Waals surface area contributed by atoms with Crippen LogP contribution in [0.3, 0.4) is 0 Å². The van der Waals surface area contributed by atoms with Crippen LogP contribution in [0.15, 0.2) is 60.7 Å². The van der Waals surface area contributed by atoms with Crippen molar-refractivity contribution in [2.45, 2.75) is 26.0 Å². The molecular weight excluding hydrogens is 460 g/mol. The van der Waals surface area contributed by atoms with E-state index in [1.165, 1.54) is 19.1 Å². The van der Waals surface area contributed by atoms with Gasteiger partial charge < -0.3 is 14.2 Å². The fraction of sp³-hybridized carbons (Fsp3) is 0.286. The Hall–Kier alpha value is -4.04. The quantitative estimate of drug-likeness (QED) is 0.477. The highest BCUT2D eigenvalue weighted by Gasteiger charge is 2.61. The zero-order chi connectivity index (χ0) is 25.6. The first kappa shape index (κ1) is 23.7. The molecule has 0 aliphatic carbocycles. The van der Waals surface area contributed by atoms with Crippen LogP contribution in [0.25, 0.3) is 0 Å². The third-order valence-electron chi connectivity index (χ3n) is 6.77. The third-order valence-corrected chi connectivity index (χ3v) is 6.77. The van der Waals surface area contributed by atoms with E-state index in [0.29, 0.717) is 34.2 Å². The number of aryl methyl sites for hydroxylation is 2. The van der Waals surface area contributed by atoms with E-state index < -0.39 is 18.1 Å². The van der Waals surface area contributed by atoms with Crippen LogP contribution < -0.4 is 24.2 Å². The SMILES string of the molecule is COc1ccc([C@H]2[C@H]3C(=O)N(c4ccc(C)cc4C)C(=O)[C@@H]3ON2c2ccccc2)c(OC)c1OC. The molecule has 3 aromatic carbocycles. The number of carbonyl (C=O) groups is 2. The van der Waals surface area contributed by atoms with Crippen LogP contribution in [0.5, 0.6) is 17.2 Å². The zero-order valence-corrected chi connectivity index (χ0v) is 20.8. The molecular formula is C28H28N2O6. The number of amides is 2. The van der Waals surface area contributed by atoms with Gasteiger partial charge in [-0.15, -0.1) is 0 Å². The number of fused-ring (bicyclic) bond motifs is 1. The molecule has 2 aliphatic rings. The molecule has 3 atom stereocenters. The summed E-state index contributed by atoms with van der Waals surface area (Å²) in [4.78, 5) is 35.1. The van der Waals surface area contributed by atoms with Crippen molar-refractivity contribution in [2.75, 3.05) is 31.3 Å². The van der Waals surface area contributed by atoms with Crippen LogP contribution in [0.4, 0.5) is 11.4 Å². The molecule has 2 fully saturated rings. The molecule has 0 N–H and O–H groups in total. The standard InChI is InChI=1S/C28H28N2O6/c1-16-11-13-20(17(2)15-16)29-27(31)22-23(19-12-14-21(33-3)25(35-5)24(19)34-4)30(36-26(22)28(29)32)18-9-7-6-8-10-18/h6-15,22-23,26H,1-5H3/t22-,23+,26-/m1/s1. The van der Waals surface area contributed by atoms with Crippen molar-refractivity contribution >= 4 is 23.2 Å². The molecule has 5 rings (SSSR count). The summed E-state index contributed by atoms with van der Waals surface area (Å²) in [6, 6.07) is 18.0. The molecule has 3 aromatic rings. The number of hydrogen-bond acceptors (Lipinski definition) is 7. The maximum absolute atomic E-state index is 14.0. The maximum atomic E-state index is 14.0. The summed E-state index contributed by atoms with van der Waals surface area (Å²) < 4.78 is 16.8. The smallest absolute Gasteiger partial charge is 0.266 e. The van der Waals surface area contributed by atoms with Crippen LogP contribution in [0.2, 0.25) is 0 Å². The normalized spacial score (nSPS) is 21.1. The molecule has 0 aromatic heterocycles. The van der Waals surface area contributed by atoms with E-state index in [0.717, 1.165) is 11.1 Å². The minimum absolute atomic E-state index is 0.322. The van der Waals surface area contributed by atoms with Crippen molar-refractivity contribution in [2.24, 2.45) is 5.92 Å². The largest absolute Gasteiger partial charge is 0.493 e. The van der Waals surface area contributed by atoms with E-state index >= 15 is 0 Å². The zero-order valence-electron chi connectivity index (χ0n) is 20.8. The van der Waals surface area contributed by atoms with Crippen LogP contribution in [0, 0.1) is 19.8 Å². The fourth-order valence-electron chi connectivity index (χ4n) is 5.18. The van der Waals surface area contributed by atoms with Gasteiger partial charge in [-0.25, -0.2) is 9.96 Å². The highest BCUT2D eigenvalue weighted by atomic mass is 16.7. The van der Waals surface area contributed by atoms with Crippen molar-refractivity contribution in [3.05, 3.63) is 77.4 Å². The van der Waals surface area contributed by atoms with Gasteiger partial charge in [0.05, 0.1) is 32.7 Å². The monoisotopic (exact) mass is 488 g/mol. The number of imide groups is 1. The summed E-state index contributed by atoms with van der Waals surface area (Å²) in [7, 11) is 4.60. The molecule has 36 heavy (non-hydrogen) atoms.